The van der Waals surface area contributed by atoms with E-state index >= 15 is 0 Å². The van der Waals surface area contributed by atoms with E-state index in [0.717, 1.165) is 11.4 Å². The minimum Gasteiger partial charge on any atom is -0.488 e. The number of fused-ring (bicyclic) bond motifs is 1. The van der Waals surface area contributed by atoms with Crippen molar-refractivity contribution in [3.8, 4) is 5.75 Å². The summed E-state index contributed by atoms with van der Waals surface area (Å²) in [5, 5.41) is 13.4. The van der Waals surface area contributed by atoms with Gasteiger partial charge in [-0.15, -0.1) is 0 Å². The second kappa shape index (κ2) is 7.79. The van der Waals surface area contributed by atoms with E-state index in [0.29, 0.717) is 23.7 Å². The maximum atomic E-state index is 12.7. The molecule has 0 aliphatic carbocycles. The molecule has 0 bridgehead atoms. The summed E-state index contributed by atoms with van der Waals surface area (Å²) in [7, 11) is 1.64. The molecule has 0 fully saturated rings. The molecule has 1 aliphatic rings. The molecule has 3 heterocycles. The molecule has 1 aliphatic heterocycles. The number of benzene rings is 1. The minimum absolute atomic E-state index is 0.0872. The number of hydrogen-bond acceptors (Lipinski definition) is 6. The molecule has 3 N–H and O–H groups in total. The van der Waals surface area contributed by atoms with Crippen LogP contribution in [0.25, 0.3) is 0 Å². The zero-order chi connectivity index (χ0) is 19.5. The molecule has 2 aromatic heterocycles. The molecule has 8 heteroatoms. The van der Waals surface area contributed by atoms with Crippen LogP contribution in [-0.4, -0.2) is 45.7 Å². The number of imidazole rings is 1. The normalized spacial score (nSPS) is 17.6. The second-order valence-electron chi connectivity index (χ2n) is 6.60. The first-order valence-electron chi connectivity index (χ1n) is 8.99. The summed E-state index contributed by atoms with van der Waals surface area (Å²) in [6, 6.07) is 12.7. The van der Waals surface area contributed by atoms with Gasteiger partial charge >= 0.3 is 0 Å². The summed E-state index contributed by atoms with van der Waals surface area (Å²) < 4.78 is 5.70. The van der Waals surface area contributed by atoms with E-state index in [1.54, 1.807) is 31.6 Å². The van der Waals surface area contributed by atoms with Crippen molar-refractivity contribution in [1.82, 2.24) is 20.3 Å². The largest absolute Gasteiger partial charge is 0.488 e. The number of aromatic nitrogens is 3. The molecule has 1 amide bonds. The van der Waals surface area contributed by atoms with Crippen LogP contribution in [-0.2, 0) is 11.2 Å². The summed E-state index contributed by atoms with van der Waals surface area (Å²) in [6.45, 7) is 0.0872. The third-order valence-electron chi connectivity index (χ3n) is 4.62. The Labute approximate surface area is 162 Å². The number of aliphatic hydroxyl groups excluding tert-OH is 1. The monoisotopic (exact) mass is 379 g/mol. The van der Waals surface area contributed by atoms with Crippen molar-refractivity contribution in [3.63, 3.8) is 0 Å². The van der Waals surface area contributed by atoms with Gasteiger partial charge in [-0.3, -0.25) is 15.0 Å². The number of carbonyl (C=O) groups is 1. The summed E-state index contributed by atoms with van der Waals surface area (Å²) in [5.41, 5.74) is 1.60. The van der Waals surface area contributed by atoms with Crippen molar-refractivity contribution < 1.29 is 14.6 Å². The first kappa shape index (κ1) is 18.1. The molecule has 0 spiro atoms. The number of hydrogen-bond donors (Lipinski definition) is 3. The molecule has 0 radical (unpaired) electrons. The molecule has 0 saturated carbocycles. The van der Waals surface area contributed by atoms with Crippen LogP contribution in [0.1, 0.15) is 23.3 Å². The van der Waals surface area contributed by atoms with Crippen LogP contribution in [0.4, 0.5) is 5.82 Å². The third-order valence-corrected chi connectivity index (χ3v) is 4.62. The quantitative estimate of drug-likeness (QED) is 0.579. The molecule has 3 aromatic rings. The smallest absolute Gasteiger partial charge is 0.248 e. The highest BCUT2D eigenvalue weighted by Gasteiger charge is 2.31. The van der Waals surface area contributed by atoms with Gasteiger partial charge in [-0.2, -0.15) is 0 Å². The topological polar surface area (TPSA) is 103 Å². The lowest BCUT2D eigenvalue weighted by atomic mass is 10.1. The molecular formula is C20H21N5O3. The number of rotatable bonds is 5. The van der Waals surface area contributed by atoms with Crippen molar-refractivity contribution >= 4 is 11.7 Å². The molecule has 0 saturated heterocycles. The fourth-order valence-corrected chi connectivity index (χ4v) is 3.13. The molecule has 8 nitrogen and oxygen atoms in total. The minimum atomic E-state index is -1.09. The molecule has 4 rings (SSSR count). The lowest BCUT2D eigenvalue weighted by Gasteiger charge is -2.22. The first-order valence-corrected chi connectivity index (χ1v) is 8.99. The van der Waals surface area contributed by atoms with Gasteiger partial charge in [0.25, 0.3) is 0 Å². The second-order valence-corrected chi connectivity index (χ2v) is 6.60. The number of anilines is 1. The van der Waals surface area contributed by atoms with E-state index in [4.69, 9.17) is 4.74 Å². The van der Waals surface area contributed by atoms with E-state index in [2.05, 4.69) is 20.3 Å². The van der Waals surface area contributed by atoms with Gasteiger partial charge in [0.2, 0.25) is 5.91 Å². The number of nitrogens with one attached hydrogen (secondary N) is 2. The maximum Gasteiger partial charge on any atom is 0.248 e. The standard InChI is InChI=1S/C20H21N5O3/c1-25-18-16(8-5-9-21-18)28-12-15(20(25)27)24-19(26)14-11-22-17(23-14)10-13-6-3-2-4-7-13/h2-9,11,15,19,24,26H,10,12H2,1H3,(H,22,23)/t15-,19?/m0/s1. The summed E-state index contributed by atoms with van der Waals surface area (Å²) in [4.78, 5) is 25.8. The SMILES string of the molecule is CN1C(=O)[C@@H](NC(O)c2cnc(Cc3ccccc3)[nH]2)COc2cccnc21. The van der Waals surface area contributed by atoms with E-state index in [1.807, 2.05) is 30.3 Å². The van der Waals surface area contributed by atoms with Crippen molar-refractivity contribution in [3.05, 3.63) is 71.9 Å². The number of aliphatic hydroxyl groups is 1. The fraction of sp³-hybridized carbons (Fsp3) is 0.250. The lowest BCUT2D eigenvalue weighted by Crippen LogP contribution is -2.48. The number of likely N-dealkylation sites (N-methyl/N-ethyl adjacent to an activating group) is 1. The summed E-state index contributed by atoms with van der Waals surface area (Å²) in [5.74, 6) is 1.49. The molecule has 1 unspecified atom stereocenters. The van der Waals surface area contributed by atoms with Crippen molar-refractivity contribution in [2.24, 2.45) is 0 Å². The van der Waals surface area contributed by atoms with Crippen molar-refractivity contribution in [1.29, 1.82) is 0 Å². The Kier molecular flexibility index (Phi) is 5.05. The van der Waals surface area contributed by atoms with Gasteiger partial charge in [-0.05, 0) is 17.7 Å². The number of ether oxygens (including phenoxy) is 1. The van der Waals surface area contributed by atoms with Crippen LogP contribution in [0, 0.1) is 0 Å². The highest BCUT2D eigenvalue weighted by Crippen LogP contribution is 2.27. The number of H-pyrrole nitrogens is 1. The zero-order valence-electron chi connectivity index (χ0n) is 15.4. The zero-order valence-corrected chi connectivity index (χ0v) is 15.4. The summed E-state index contributed by atoms with van der Waals surface area (Å²) >= 11 is 0. The number of carbonyl (C=O) groups excluding carboxylic acids is 1. The predicted octanol–water partition coefficient (Wildman–Crippen LogP) is 1.40. The Morgan fingerprint density at radius 1 is 1.29 bits per heavy atom. The number of amides is 1. The average molecular weight is 379 g/mol. The highest BCUT2D eigenvalue weighted by molar-refractivity contribution is 5.97. The van der Waals surface area contributed by atoms with Gasteiger partial charge in [0.15, 0.2) is 11.6 Å². The number of nitrogens with zero attached hydrogens (tertiary/aromatic N) is 3. The van der Waals surface area contributed by atoms with Gasteiger partial charge in [-0.1, -0.05) is 30.3 Å². The van der Waals surface area contributed by atoms with E-state index < -0.39 is 12.3 Å². The average Bonchev–Trinajstić information content (AvgIpc) is 3.15. The van der Waals surface area contributed by atoms with Gasteiger partial charge < -0.3 is 14.8 Å². The van der Waals surface area contributed by atoms with Crippen LogP contribution in [0.5, 0.6) is 5.75 Å². The molecule has 2 atom stereocenters. The van der Waals surface area contributed by atoms with Crippen LogP contribution >= 0.6 is 0 Å². The van der Waals surface area contributed by atoms with Crippen LogP contribution < -0.4 is 15.0 Å². The molecule has 144 valence electrons. The van der Waals surface area contributed by atoms with Crippen molar-refractivity contribution in [2.75, 3.05) is 18.6 Å². The van der Waals surface area contributed by atoms with Gasteiger partial charge in [0.1, 0.15) is 24.7 Å². The van der Waals surface area contributed by atoms with Gasteiger partial charge in [0.05, 0.1) is 11.9 Å². The lowest BCUT2D eigenvalue weighted by molar-refractivity contribution is -0.121. The fourth-order valence-electron chi connectivity index (χ4n) is 3.13. The Morgan fingerprint density at radius 3 is 2.93 bits per heavy atom. The third kappa shape index (κ3) is 3.73. The maximum absolute atomic E-state index is 12.7. The first-order chi connectivity index (χ1) is 13.6. The number of pyridine rings is 1. The van der Waals surface area contributed by atoms with E-state index in [1.165, 1.54) is 4.90 Å². The van der Waals surface area contributed by atoms with Crippen LogP contribution in [0.2, 0.25) is 0 Å². The van der Waals surface area contributed by atoms with Gasteiger partial charge in [0, 0.05) is 19.7 Å². The van der Waals surface area contributed by atoms with E-state index in [-0.39, 0.29) is 12.5 Å². The summed E-state index contributed by atoms with van der Waals surface area (Å²) in [6.07, 6.45) is 2.71. The Hall–Kier alpha value is -3.23. The van der Waals surface area contributed by atoms with Crippen LogP contribution in [0.15, 0.2) is 54.9 Å². The molecular weight excluding hydrogens is 358 g/mol. The van der Waals surface area contributed by atoms with Crippen molar-refractivity contribution in [2.45, 2.75) is 18.7 Å². The Morgan fingerprint density at radius 2 is 2.11 bits per heavy atom. The van der Waals surface area contributed by atoms with Crippen LogP contribution in [0.3, 0.4) is 0 Å². The Balaban J connectivity index is 1.44. The number of aromatic amines is 1. The molecule has 28 heavy (non-hydrogen) atoms. The molecule has 1 aromatic carbocycles. The van der Waals surface area contributed by atoms with Gasteiger partial charge in [-0.25, -0.2) is 9.97 Å². The van der Waals surface area contributed by atoms with E-state index in [9.17, 15) is 9.90 Å². The Bertz CT molecular complexity index is 959. The highest BCUT2D eigenvalue weighted by atomic mass is 16.5. The predicted molar refractivity (Wildman–Crippen MR) is 103 cm³/mol.